The molecule has 104 valence electrons. The SMILES string of the molecule is CCNc1cccc(N2CCC(c3ccccc3)C2)n1. The molecule has 20 heavy (non-hydrogen) atoms. The van der Waals surface area contributed by atoms with E-state index in [1.165, 1.54) is 12.0 Å². The summed E-state index contributed by atoms with van der Waals surface area (Å²) in [6, 6.07) is 17.0. The Bertz CT molecular complexity index is 553. The van der Waals surface area contributed by atoms with E-state index in [2.05, 4.69) is 64.6 Å². The summed E-state index contributed by atoms with van der Waals surface area (Å²) >= 11 is 0. The average molecular weight is 267 g/mol. The Kier molecular flexibility index (Phi) is 3.86. The quantitative estimate of drug-likeness (QED) is 0.919. The van der Waals surface area contributed by atoms with Gasteiger partial charge in [0.25, 0.3) is 0 Å². The van der Waals surface area contributed by atoms with Crippen LogP contribution in [0.2, 0.25) is 0 Å². The third-order valence-electron chi connectivity index (χ3n) is 3.88. The van der Waals surface area contributed by atoms with E-state index in [4.69, 9.17) is 0 Å². The first kappa shape index (κ1) is 13.0. The summed E-state index contributed by atoms with van der Waals surface area (Å²) in [4.78, 5) is 7.07. The van der Waals surface area contributed by atoms with Crippen LogP contribution in [0.1, 0.15) is 24.8 Å². The minimum atomic E-state index is 0.626. The van der Waals surface area contributed by atoms with Crippen molar-refractivity contribution in [2.24, 2.45) is 0 Å². The summed E-state index contributed by atoms with van der Waals surface area (Å²) < 4.78 is 0. The molecular formula is C17H21N3. The number of anilines is 2. The first-order valence-electron chi connectivity index (χ1n) is 7.37. The Morgan fingerprint density at radius 2 is 2.00 bits per heavy atom. The molecular weight excluding hydrogens is 246 g/mol. The van der Waals surface area contributed by atoms with E-state index >= 15 is 0 Å². The van der Waals surface area contributed by atoms with Crippen LogP contribution in [0.5, 0.6) is 0 Å². The summed E-state index contributed by atoms with van der Waals surface area (Å²) in [5, 5.41) is 3.28. The fourth-order valence-corrected chi connectivity index (χ4v) is 2.84. The largest absolute Gasteiger partial charge is 0.370 e. The molecule has 2 heterocycles. The van der Waals surface area contributed by atoms with Gasteiger partial charge in [0.05, 0.1) is 0 Å². The van der Waals surface area contributed by atoms with Gasteiger partial charge in [-0.15, -0.1) is 0 Å². The van der Waals surface area contributed by atoms with Crippen LogP contribution in [0.4, 0.5) is 11.6 Å². The van der Waals surface area contributed by atoms with Gasteiger partial charge in [0, 0.05) is 25.6 Å². The topological polar surface area (TPSA) is 28.2 Å². The maximum atomic E-state index is 4.69. The molecule has 0 saturated carbocycles. The van der Waals surface area contributed by atoms with Crippen molar-refractivity contribution < 1.29 is 0 Å². The standard InChI is InChI=1S/C17H21N3/c1-2-18-16-9-6-10-17(19-16)20-12-11-15(13-20)14-7-4-3-5-8-14/h3-10,15H,2,11-13H2,1H3,(H,18,19). The highest BCUT2D eigenvalue weighted by atomic mass is 15.2. The van der Waals surface area contributed by atoms with E-state index in [0.29, 0.717) is 5.92 Å². The third-order valence-corrected chi connectivity index (χ3v) is 3.88. The number of rotatable bonds is 4. The molecule has 1 aromatic carbocycles. The summed E-state index contributed by atoms with van der Waals surface area (Å²) in [5.41, 5.74) is 1.44. The predicted octanol–water partition coefficient (Wildman–Crippen LogP) is 3.51. The van der Waals surface area contributed by atoms with Gasteiger partial charge in [-0.2, -0.15) is 0 Å². The highest BCUT2D eigenvalue weighted by Crippen LogP contribution is 2.30. The Morgan fingerprint density at radius 3 is 2.80 bits per heavy atom. The molecule has 1 fully saturated rings. The van der Waals surface area contributed by atoms with Crippen LogP contribution >= 0.6 is 0 Å². The highest BCUT2D eigenvalue weighted by Gasteiger charge is 2.24. The third kappa shape index (κ3) is 2.77. The van der Waals surface area contributed by atoms with Gasteiger partial charge in [-0.1, -0.05) is 36.4 Å². The minimum absolute atomic E-state index is 0.626. The lowest BCUT2D eigenvalue weighted by Gasteiger charge is -2.18. The molecule has 1 N–H and O–H groups in total. The molecule has 1 aliphatic heterocycles. The van der Waals surface area contributed by atoms with Gasteiger partial charge in [0.15, 0.2) is 0 Å². The molecule has 2 aromatic rings. The Labute approximate surface area is 120 Å². The molecule has 0 aliphatic carbocycles. The molecule has 1 aliphatic rings. The summed E-state index contributed by atoms with van der Waals surface area (Å²) in [6.07, 6.45) is 1.21. The van der Waals surface area contributed by atoms with Crippen LogP contribution in [0.25, 0.3) is 0 Å². The maximum Gasteiger partial charge on any atom is 0.130 e. The van der Waals surface area contributed by atoms with Crippen molar-refractivity contribution in [2.75, 3.05) is 29.9 Å². The van der Waals surface area contributed by atoms with Crippen molar-refractivity contribution in [1.82, 2.24) is 4.98 Å². The van der Waals surface area contributed by atoms with Crippen molar-refractivity contribution in [3.05, 3.63) is 54.1 Å². The first-order chi connectivity index (χ1) is 9.86. The zero-order valence-electron chi connectivity index (χ0n) is 11.9. The number of hydrogen-bond acceptors (Lipinski definition) is 3. The second-order valence-corrected chi connectivity index (χ2v) is 5.25. The number of aromatic nitrogens is 1. The van der Waals surface area contributed by atoms with Gasteiger partial charge >= 0.3 is 0 Å². The van der Waals surface area contributed by atoms with Gasteiger partial charge in [0.2, 0.25) is 0 Å². The molecule has 3 rings (SSSR count). The molecule has 0 bridgehead atoms. The van der Waals surface area contributed by atoms with Crippen LogP contribution in [0.15, 0.2) is 48.5 Å². The van der Waals surface area contributed by atoms with Crippen molar-refractivity contribution in [3.8, 4) is 0 Å². The zero-order chi connectivity index (χ0) is 13.8. The molecule has 1 saturated heterocycles. The van der Waals surface area contributed by atoms with Gasteiger partial charge in [-0.3, -0.25) is 0 Å². The lowest BCUT2D eigenvalue weighted by Crippen LogP contribution is -2.20. The van der Waals surface area contributed by atoms with Crippen molar-refractivity contribution >= 4 is 11.6 Å². The number of pyridine rings is 1. The van der Waals surface area contributed by atoms with E-state index in [-0.39, 0.29) is 0 Å². The molecule has 3 nitrogen and oxygen atoms in total. The van der Waals surface area contributed by atoms with E-state index in [9.17, 15) is 0 Å². The second kappa shape index (κ2) is 5.95. The fourth-order valence-electron chi connectivity index (χ4n) is 2.84. The van der Waals surface area contributed by atoms with Crippen LogP contribution in [-0.4, -0.2) is 24.6 Å². The molecule has 1 atom stereocenters. The summed E-state index contributed by atoms with van der Waals surface area (Å²) in [7, 11) is 0. The van der Waals surface area contributed by atoms with Gasteiger partial charge in [-0.05, 0) is 31.0 Å². The molecule has 3 heteroatoms. The lowest BCUT2D eigenvalue weighted by molar-refractivity contribution is 0.774. The molecule has 0 spiro atoms. The van der Waals surface area contributed by atoms with E-state index in [0.717, 1.165) is 31.3 Å². The maximum absolute atomic E-state index is 4.69. The van der Waals surface area contributed by atoms with Crippen LogP contribution in [0, 0.1) is 0 Å². The van der Waals surface area contributed by atoms with Crippen molar-refractivity contribution in [2.45, 2.75) is 19.3 Å². The van der Waals surface area contributed by atoms with Gasteiger partial charge < -0.3 is 10.2 Å². The Hall–Kier alpha value is -2.03. The average Bonchev–Trinajstić information content (AvgIpc) is 2.99. The second-order valence-electron chi connectivity index (χ2n) is 5.25. The molecule has 1 unspecified atom stereocenters. The van der Waals surface area contributed by atoms with Crippen LogP contribution in [-0.2, 0) is 0 Å². The molecule has 0 amide bonds. The van der Waals surface area contributed by atoms with Crippen molar-refractivity contribution in [3.63, 3.8) is 0 Å². The van der Waals surface area contributed by atoms with Crippen molar-refractivity contribution in [1.29, 1.82) is 0 Å². The van der Waals surface area contributed by atoms with Gasteiger partial charge in [-0.25, -0.2) is 4.98 Å². The number of benzene rings is 1. The summed E-state index contributed by atoms with van der Waals surface area (Å²) in [6.45, 7) is 5.15. The predicted molar refractivity (Wildman–Crippen MR) is 84.4 cm³/mol. The number of nitrogens with zero attached hydrogens (tertiary/aromatic N) is 2. The Morgan fingerprint density at radius 1 is 1.15 bits per heavy atom. The molecule has 1 aromatic heterocycles. The summed E-state index contributed by atoms with van der Waals surface area (Å²) in [5.74, 6) is 2.68. The molecule has 0 radical (unpaired) electrons. The lowest BCUT2D eigenvalue weighted by atomic mass is 9.99. The monoisotopic (exact) mass is 267 g/mol. The van der Waals surface area contributed by atoms with Crippen LogP contribution < -0.4 is 10.2 Å². The van der Waals surface area contributed by atoms with Crippen LogP contribution in [0.3, 0.4) is 0 Å². The highest BCUT2D eigenvalue weighted by molar-refractivity contribution is 5.48. The van der Waals surface area contributed by atoms with E-state index < -0.39 is 0 Å². The fraction of sp³-hybridized carbons (Fsp3) is 0.353. The number of nitrogens with one attached hydrogen (secondary N) is 1. The van der Waals surface area contributed by atoms with E-state index in [1.54, 1.807) is 0 Å². The number of hydrogen-bond donors (Lipinski definition) is 1. The van der Waals surface area contributed by atoms with Gasteiger partial charge in [0.1, 0.15) is 11.6 Å². The Balaban J connectivity index is 1.72. The zero-order valence-corrected chi connectivity index (χ0v) is 11.9. The first-order valence-corrected chi connectivity index (χ1v) is 7.37. The normalized spacial score (nSPS) is 18.2. The smallest absolute Gasteiger partial charge is 0.130 e. The van der Waals surface area contributed by atoms with E-state index in [1.807, 2.05) is 6.07 Å². The minimum Gasteiger partial charge on any atom is -0.370 e.